The first-order valence-electron chi connectivity index (χ1n) is 14.7. The smallest absolute Gasteiger partial charge is 0.323 e. The van der Waals surface area contributed by atoms with Crippen LogP contribution in [0.25, 0.3) is 0 Å². The van der Waals surface area contributed by atoms with Crippen molar-refractivity contribution >= 4 is 35.0 Å². The molecule has 5 amide bonds. The van der Waals surface area contributed by atoms with E-state index in [0.717, 1.165) is 0 Å². The van der Waals surface area contributed by atoms with E-state index in [4.69, 9.17) is 14.2 Å². The third-order valence-corrected chi connectivity index (χ3v) is 7.66. The minimum atomic E-state index is -0.494. The summed E-state index contributed by atoms with van der Waals surface area (Å²) in [5, 5.41) is 18.4. The van der Waals surface area contributed by atoms with Gasteiger partial charge in [-0.1, -0.05) is 6.92 Å². The lowest BCUT2D eigenvalue weighted by Crippen LogP contribution is -2.48. The normalized spacial score (nSPS) is 16.9. The molecule has 0 radical (unpaired) electrons. The number of rotatable bonds is 9. The Balaban J connectivity index is 1.53. The molecular formula is C33H41N5O7. The zero-order valence-corrected chi connectivity index (χ0v) is 26.2. The Labute approximate surface area is 263 Å². The molecule has 12 nitrogen and oxygen atoms in total. The van der Waals surface area contributed by atoms with Gasteiger partial charge in [-0.05, 0) is 73.7 Å². The number of likely N-dealkylation sites (N-methyl/N-ethyl adjacent to an activating group) is 1. The average molecular weight is 620 g/mol. The summed E-state index contributed by atoms with van der Waals surface area (Å²) in [6.07, 6.45) is -0.491. The van der Waals surface area contributed by atoms with E-state index >= 15 is 0 Å². The van der Waals surface area contributed by atoms with Gasteiger partial charge < -0.3 is 45.1 Å². The van der Waals surface area contributed by atoms with Crippen LogP contribution < -0.4 is 30.2 Å². The number of nitrogens with zero attached hydrogens (tertiary/aromatic N) is 2. The van der Waals surface area contributed by atoms with E-state index in [1.165, 1.54) is 4.90 Å². The molecule has 0 fully saturated rings. The summed E-state index contributed by atoms with van der Waals surface area (Å²) in [6.45, 7) is 4.09. The van der Waals surface area contributed by atoms with Gasteiger partial charge in [-0.25, -0.2) is 9.59 Å². The maximum Gasteiger partial charge on any atom is 0.323 e. The Kier molecular flexibility index (Phi) is 11.1. The highest BCUT2D eigenvalue weighted by atomic mass is 16.5. The van der Waals surface area contributed by atoms with Crippen LogP contribution >= 0.6 is 0 Å². The number of carbonyl (C=O) groups is 3. The number of hydrogen-bond acceptors (Lipinski definition) is 7. The molecule has 0 aliphatic carbocycles. The third kappa shape index (κ3) is 8.79. The molecule has 3 aromatic carbocycles. The number of anilines is 3. The second-order valence-corrected chi connectivity index (χ2v) is 11.1. The van der Waals surface area contributed by atoms with Crippen molar-refractivity contribution < 1.29 is 33.7 Å². The molecule has 0 spiro atoms. The maximum atomic E-state index is 13.5. The van der Waals surface area contributed by atoms with Crippen molar-refractivity contribution in [2.24, 2.45) is 5.92 Å². The van der Waals surface area contributed by atoms with Crippen LogP contribution in [0, 0.1) is 5.92 Å². The van der Waals surface area contributed by atoms with Crippen LogP contribution in [-0.2, 0) is 11.2 Å². The number of aliphatic hydroxyl groups is 1. The summed E-state index contributed by atoms with van der Waals surface area (Å²) in [5.74, 6) is 1.45. The molecule has 3 atom stereocenters. The molecule has 1 aliphatic heterocycles. The fraction of sp³-hybridized carbons (Fsp3) is 0.364. The highest BCUT2D eigenvalue weighted by molar-refractivity contribution is 6.00. The number of methoxy groups -OCH3 is 2. The first-order chi connectivity index (χ1) is 21.6. The van der Waals surface area contributed by atoms with Crippen LogP contribution in [0.1, 0.15) is 19.4 Å². The molecule has 0 saturated carbocycles. The minimum absolute atomic E-state index is 0.00251. The van der Waals surface area contributed by atoms with E-state index in [-0.39, 0.29) is 37.4 Å². The molecule has 0 unspecified atom stereocenters. The number of hydrogen-bond donors (Lipinski definition) is 4. The van der Waals surface area contributed by atoms with Gasteiger partial charge in [0.2, 0.25) is 5.91 Å². The van der Waals surface area contributed by atoms with Crippen LogP contribution in [0.5, 0.6) is 17.2 Å². The molecule has 12 heteroatoms. The average Bonchev–Trinajstić information content (AvgIpc) is 3.08. The summed E-state index contributed by atoms with van der Waals surface area (Å²) in [7, 11) is 4.82. The number of aliphatic hydroxyl groups excluding tert-OH is 1. The van der Waals surface area contributed by atoms with E-state index in [0.29, 0.717) is 46.4 Å². The quantitative estimate of drug-likeness (QED) is 0.273. The first-order valence-corrected chi connectivity index (χ1v) is 14.7. The Morgan fingerprint density at radius 3 is 2.09 bits per heavy atom. The Morgan fingerprint density at radius 1 is 0.956 bits per heavy atom. The number of amides is 5. The van der Waals surface area contributed by atoms with Crippen LogP contribution in [0.2, 0.25) is 0 Å². The molecular weight excluding hydrogens is 578 g/mol. The Bertz CT molecular complexity index is 1470. The van der Waals surface area contributed by atoms with Crippen LogP contribution in [-0.4, -0.2) is 86.0 Å². The molecule has 0 saturated heterocycles. The molecule has 0 aromatic heterocycles. The maximum absolute atomic E-state index is 13.5. The third-order valence-electron chi connectivity index (χ3n) is 7.66. The van der Waals surface area contributed by atoms with Crippen molar-refractivity contribution in [2.45, 2.75) is 32.4 Å². The molecule has 3 aromatic rings. The molecule has 0 bridgehead atoms. The van der Waals surface area contributed by atoms with E-state index < -0.39 is 18.2 Å². The predicted octanol–water partition coefficient (Wildman–Crippen LogP) is 4.66. The summed E-state index contributed by atoms with van der Waals surface area (Å²) in [6, 6.07) is 17.9. The topological polar surface area (TPSA) is 142 Å². The van der Waals surface area contributed by atoms with Gasteiger partial charge in [-0.15, -0.1) is 0 Å². The highest BCUT2D eigenvalue weighted by Crippen LogP contribution is 2.29. The standard InChI is InChI=1S/C33H41N5O7/c1-21-18-38(22(2)20-39)31(40)17-23-16-26(35-32(41)34-24-6-11-27(43-4)12-7-24)10-15-29(23)45-30(21)19-37(3)33(42)36-25-8-13-28(44-5)14-9-25/h6-16,21-22,30,39H,17-20H2,1-5H3,(H,36,42)(H2,34,35,41)/t21-,22-,30-/m1/s1. The Hall–Kier alpha value is -4.97. The number of nitrogens with one attached hydrogen (secondary N) is 3. The molecule has 1 aliphatic rings. The van der Waals surface area contributed by atoms with Crippen LogP contribution in [0.4, 0.5) is 26.7 Å². The van der Waals surface area contributed by atoms with Crippen molar-refractivity contribution in [3.63, 3.8) is 0 Å². The van der Waals surface area contributed by atoms with Crippen molar-refractivity contribution in [1.29, 1.82) is 0 Å². The monoisotopic (exact) mass is 619 g/mol. The second-order valence-electron chi connectivity index (χ2n) is 11.1. The van der Waals surface area contributed by atoms with Gasteiger partial charge in [-0.3, -0.25) is 4.79 Å². The SMILES string of the molecule is COc1ccc(NC(=O)Nc2ccc3c(c2)CC(=O)N([C@H](C)CO)C[C@@H](C)[C@@H](CN(C)C(=O)Nc2ccc(OC)cc2)O3)cc1. The summed E-state index contributed by atoms with van der Waals surface area (Å²) in [5.41, 5.74) is 2.24. The van der Waals surface area contributed by atoms with Gasteiger partial charge in [0.25, 0.3) is 0 Å². The van der Waals surface area contributed by atoms with Gasteiger partial charge in [0, 0.05) is 42.1 Å². The van der Waals surface area contributed by atoms with Crippen LogP contribution in [0.3, 0.4) is 0 Å². The lowest BCUT2D eigenvalue weighted by Gasteiger charge is -2.34. The summed E-state index contributed by atoms with van der Waals surface area (Å²) in [4.78, 5) is 42.5. The number of carbonyl (C=O) groups excluding carboxylic acids is 3. The van der Waals surface area contributed by atoms with Gasteiger partial charge in [0.05, 0.1) is 39.8 Å². The largest absolute Gasteiger partial charge is 0.497 e. The fourth-order valence-electron chi connectivity index (χ4n) is 4.94. The van der Waals surface area contributed by atoms with E-state index in [1.54, 1.807) is 99.8 Å². The van der Waals surface area contributed by atoms with E-state index in [9.17, 15) is 19.5 Å². The highest BCUT2D eigenvalue weighted by Gasteiger charge is 2.32. The number of fused-ring (bicyclic) bond motifs is 1. The van der Waals surface area contributed by atoms with E-state index in [2.05, 4.69) is 16.0 Å². The zero-order valence-electron chi connectivity index (χ0n) is 26.2. The zero-order chi connectivity index (χ0) is 32.5. The Morgan fingerprint density at radius 2 is 1.51 bits per heavy atom. The lowest BCUT2D eigenvalue weighted by molar-refractivity contribution is -0.134. The van der Waals surface area contributed by atoms with Crippen molar-refractivity contribution in [3.8, 4) is 17.2 Å². The van der Waals surface area contributed by atoms with Gasteiger partial charge >= 0.3 is 12.1 Å². The van der Waals surface area contributed by atoms with Crippen molar-refractivity contribution in [3.05, 3.63) is 72.3 Å². The lowest BCUT2D eigenvalue weighted by atomic mass is 10.0. The first kappa shape index (κ1) is 32.9. The number of benzene rings is 3. The molecule has 45 heavy (non-hydrogen) atoms. The van der Waals surface area contributed by atoms with Crippen LogP contribution in [0.15, 0.2) is 66.7 Å². The molecule has 4 N–H and O–H groups in total. The second kappa shape index (κ2) is 15.2. The van der Waals surface area contributed by atoms with E-state index in [1.807, 2.05) is 6.92 Å². The number of urea groups is 2. The predicted molar refractivity (Wildman–Crippen MR) is 172 cm³/mol. The molecule has 240 valence electrons. The molecule has 1 heterocycles. The number of ether oxygens (including phenoxy) is 3. The minimum Gasteiger partial charge on any atom is -0.497 e. The summed E-state index contributed by atoms with van der Waals surface area (Å²) >= 11 is 0. The van der Waals surface area contributed by atoms with Crippen molar-refractivity contribution in [1.82, 2.24) is 9.80 Å². The van der Waals surface area contributed by atoms with Crippen molar-refractivity contribution in [2.75, 3.05) is 56.9 Å². The summed E-state index contributed by atoms with van der Waals surface area (Å²) < 4.78 is 16.8. The fourth-order valence-corrected chi connectivity index (χ4v) is 4.94. The van der Waals surface area contributed by atoms with Gasteiger partial charge in [0.1, 0.15) is 23.4 Å². The van der Waals surface area contributed by atoms with Gasteiger partial charge in [-0.2, -0.15) is 0 Å². The van der Waals surface area contributed by atoms with Gasteiger partial charge in [0.15, 0.2) is 0 Å². The molecule has 4 rings (SSSR count).